The molecular formula is C21H22N2O3. The van der Waals surface area contributed by atoms with Gasteiger partial charge in [0.15, 0.2) is 5.72 Å². The third-order valence-electron chi connectivity index (χ3n) is 5.17. The van der Waals surface area contributed by atoms with Crippen LogP contribution in [-0.2, 0) is 11.2 Å². The molecular weight excluding hydrogens is 328 g/mol. The van der Waals surface area contributed by atoms with Crippen molar-refractivity contribution in [3.8, 4) is 5.75 Å². The van der Waals surface area contributed by atoms with Gasteiger partial charge < -0.3 is 15.0 Å². The van der Waals surface area contributed by atoms with Gasteiger partial charge in [0.25, 0.3) is 5.91 Å². The van der Waals surface area contributed by atoms with Gasteiger partial charge in [0.2, 0.25) is 5.91 Å². The molecule has 2 aliphatic heterocycles. The molecule has 2 heterocycles. The fraction of sp³-hybridized carbons (Fsp3) is 0.333. The van der Waals surface area contributed by atoms with Crippen molar-refractivity contribution < 1.29 is 14.3 Å². The van der Waals surface area contributed by atoms with E-state index in [9.17, 15) is 9.59 Å². The van der Waals surface area contributed by atoms with Gasteiger partial charge in [0, 0.05) is 32.4 Å². The summed E-state index contributed by atoms with van der Waals surface area (Å²) in [7, 11) is 0. The molecule has 1 spiro atoms. The Hall–Kier alpha value is -2.82. The number of aryl methyl sites for hydroxylation is 1. The van der Waals surface area contributed by atoms with Crippen molar-refractivity contribution in [2.75, 3.05) is 13.1 Å². The predicted octanol–water partition coefficient (Wildman–Crippen LogP) is 2.76. The number of piperidine rings is 1. The van der Waals surface area contributed by atoms with E-state index in [1.807, 2.05) is 53.4 Å². The van der Waals surface area contributed by atoms with Crippen LogP contribution in [0.25, 0.3) is 0 Å². The molecule has 4 rings (SSSR count). The lowest BCUT2D eigenvalue weighted by molar-refractivity contribution is -0.135. The average molecular weight is 350 g/mol. The van der Waals surface area contributed by atoms with Crippen molar-refractivity contribution in [2.45, 2.75) is 31.4 Å². The summed E-state index contributed by atoms with van der Waals surface area (Å²) in [6.45, 7) is 1.19. The normalized spacial score (nSPS) is 18.0. The van der Waals surface area contributed by atoms with Gasteiger partial charge in [0.1, 0.15) is 5.75 Å². The van der Waals surface area contributed by atoms with E-state index in [2.05, 4.69) is 5.32 Å². The van der Waals surface area contributed by atoms with E-state index < -0.39 is 5.72 Å². The summed E-state index contributed by atoms with van der Waals surface area (Å²) in [5.41, 5.74) is 1.05. The number of para-hydroxylation sites is 1. The summed E-state index contributed by atoms with van der Waals surface area (Å²) in [5.74, 6) is 0.682. The number of carbonyl (C=O) groups excluding carboxylic acids is 2. The maximum Gasteiger partial charge on any atom is 0.258 e. The highest BCUT2D eigenvalue weighted by molar-refractivity contribution is 5.98. The number of nitrogens with zero attached hydrogens (tertiary/aromatic N) is 1. The van der Waals surface area contributed by atoms with E-state index in [1.54, 1.807) is 6.07 Å². The van der Waals surface area contributed by atoms with Crippen molar-refractivity contribution in [1.29, 1.82) is 0 Å². The Bertz CT molecular complexity index is 811. The van der Waals surface area contributed by atoms with Crippen LogP contribution >= 0.6 is 0 Å². The first-order chi connectivity index (χ1) is 12.7. The highest BCUT2D eigenvalue weighted by atomic mass is 16.5. The van der Waals surface area contributed by atoms with Gasteiger partial charge in [-0.3, -0.25) is 9.59 Å². The molecule has 1 saturated heterocycles. The zero-order valence-electron chi connectivity index (χ0n) is 14.6. The smallest absolute Gasteiger partial charge is 0.258 e. The minimum atomic E-state index is -0.693. The maximum atomic E-state index is 12.5. The fourth-order valence-corrected chi connectivity index (χ4v) is 3.65. The lowest BCUT2D eigenvalue weighted by atomic mass is 9.96. The Kier molecular flexibility index (Phi) is 4.37. The summed E-state index contributed by atoms with van der Waals surface area (Å²) in [6.07, 6.45) is 2.46. The van der Waals surface area contributed by atoms with Crippen LogP contribution in [0.1, 0.15) is 35.2 Å². The van der Waals surface area contributed by atoms with E-state index in [1.165, 1.54) is 5.56 Å². The Morgan fingerprint density at radius 3 is 2.50 bits per heavy atom. The first-order valence-corrected chi connectivity index (χ1v) is 9.07. The minimum absolute atomic E-state index is 0.101. The lowest BCUT2D eigenvalue weighted by Gasteiger charge is -2.44. The van der Waals surface area contributed by atoms with Gasteiger partial charge in [-0.25, -0.2) is 0 Å². The molecule has 0 bridgehead atoms. The molecule has 1 N–H and O–H groups in total. The molecule has 2 aliphatic rings. The van der Waals surface area contributed by atoms with E-state index in [0.29, 0.717) is 43.7 Å². The van der Waals surface area contributed by atoms with Crippen LogP contribution in [-0.4, -0.2) is 35.5 Å². The van der Waals surface area contributed by atoms with Gasteiger partial charge in [-0.15, -0.1) is 0 Å². The quantitative estimate of drug-likeness (QED) is 0.926. The van der Waals surface area contributed by atoms with Crippen LogP contribution in [0.3, 0.4) is 0 Å². The first-order valence-electron chi connectivity index (χ1n) is 9.07. The highest BCUT2D eigenvalue weighted by Gasteiger charge is 2.42. The number of benzene rings is 2. The molecule has 0 saturated carbocycles. The SMILES string of the molecule is O=C1NC2(CCN(C(=O)CCc3ccccc3)CC2)Oc2ccccc21. The number of amides is 2. The fourth-order valence-electron chi connectivity index (χ4n) is 3.65. The molecule has 0 atom stereocenters. The van der Waals surface area contributed by atoms with E-state index >= 15 is 0 Å². The molecule has 0 aliphatic carbocycles. The van der Waals surface area contributed by atoms with Gasteiger partial charge >= 0.3 is 0 Å². The Labute approximate surface area is 153 Å². The number of hydrogen-bond donors (Lipinski definition) is 1. The van der Waals surface area contributed by atoms with Crippen LogP contribution in [0.5, 0.6) is 5.75 Å². The summed E-state index contributed by atoms with van der Waals surface area (Å²) in [6, 6.07) is 17.3. The van der Waals surface area contributed by atoms with Gasteiger partial charge in [0.05, 0.1) is 5.56 Å². The van der Waals surface area contributed by atoms with Gasteiger partial charge in [-0.2, -0.15) is 0 Å². The molecule has 0 unspecified atom stereocenters. The second-order valence-corrected chi connectivity index (χ2v) is 6.91. The van der Waals surface area contributed by atoms with E-state index in [-0.39, 0.29) is 11.8 Å². The van der Waals surface area contributed by atoms with Crippen LogP contribution in [0, 0.1) is 0 Å². The molecule has 134 valence electrons. The summed E-state index contributed by atoms with van der Waals surface area (Å²) in [5, 5.41) is 3.01. The topological polar surface area (TPSA) is 58.6 Å². The van der Waals surface area contributed by atoms with Crippen molar-refractivity contribution in [2.24, 2.45) is 0 Å². The molecule has 2 aromatic carbocycles. The van der Waals surface area contributed by atoms with Crippen LogP contribution in [0.2, 0.25) is 0 Å². The third-order valence-corrected chi connectivity index (χ3v) is 5.17. The molecule has 2 amide bonds. The largest absolute Gasteiger partial charge is 0.467 e. The second-order valence-electron chi connectivity index (χ2n) is 6.91. The molecule has 5 nitrogen and oxygen atoms in total. The molecule has 26 heavy (non-hydrogen) atoms. The van der Waals surface area contributed by atoms with Crippen LogP contribution in [0.15, 0.2) is 54.6 Å². The highest BCUT2D eigenvalue weighted by Crippen LogP contribution is 2.33. The van der Waals surface area contributed by atoms with E-state index in [4.69, 9.17) is 4.74 Å². The van der Waals surface area contributed by atoms with Gasteiger partial charge in [-0.05, 0) is 24.1 Å². The number of hydrogen-bond acceptors (Lipinski definition) is 3. The monoisotopic (exact) mass is 350 g/mol. The molecule has 0 aromatic heterocycles. The minimum Gasteiger partial charge on any atom is -0.467 e. The number of ether oxygens (including phenoxy) is 1. The predicted molar refractivity (Wildman–Crippen MR) is 97.8 cm³/mol. The van der Waals surface area contributed by atoms with Crippen molar-refractivity contribution in [3.05, 3.63) is 65.7 Å². The molecule has 2 aromatic rings. The molecule has 5 heteroatoms. The van der Waals surface area contributed by atoms with Crippen LogP contribution in [0.4, 0.5) is 0 Å². The number of likely N-dealkylation sites (tertiary alicyclic amines) is 1. The van der Waals surface area contributed by atoms with Crippen LogP contribution < -0.4 is 10.1 Å². The summed E-state index contributed by atoms with van der Waals surface area (Å²) >= 11 is 0. The Morgan fingerprint density at radius 2 is 1.73 bits per heavy atom. The summed E-state index contributed by atoms with van der Waals surface area (Å²) in [4.78, 5) is 26.7. The number of carbonyl (C=O) groups is 2. The Balaban J connectivity index is 1.35. The summed E-state index contributed by atoms with van der Waals surface area (Å²) < 4.78 is 6.12. The number of rotatable bonds is 3. The number of nitrogens with one attached hydrogen (secondary N) is 1. The van der Waals surface area contributed by atoms with Crippen molar-refractivity contribution in [3.63, 3.8) is 0 Å². The van der Waals surface area contributed by atoms with Crippen molar-refractivity contribution >= 4 is 11.8 Å². The molecule has 1 fully saturated rings. The number of fused-ring (bicyclic) bond motifs is 1. The maximum absolute atomic E-state index is 12.5. The Morgan fingerprint density at radius 1 is 1.04 bits per heavy atom. The first kappa shape index (κ1) is 16.6. The van der Waals surface area contributed by atoms with Crippen molar-refractivity contribution in [1.82, 2.24) is 10.2 Å². The second kappa shape index (κ2) is 6.83. The zero-order chi connectivity index (χ0) is 18.0. The average Bonchev–Trinajstić information content (AvgIpc) is 2.67. The zero-order valence-corrected chi connectivity index (χ0v) is 14.6. The lowest BCUT2D eigenvalue weighted by Crippen LogP contribution is -2.61. The standard InChI is InChI=1S/C21H22N2O3/c24-19(11-10-16-6-2-1-3-7-16)23-14-12-21(13-15-23)22-20(25)17-8-4-5-9-18(17)26-21/h1-9H,10-15H2,(H,22,25). The molecule has 0 radical (unpaired) electrons. The van der Waals surface area contributed by atoms with Gasteiger partial charge in [-0.1, -0.05) is 42.5 Å². The third kappa shape index (κ3) is 3.29. The van der Waals surface area contributed by atoms with E-state index in [0.717, 1.165) is 6.42 Å².